The third kappa shape index (κ3) is 4.23. The van der Waals surface area contributed by atoms with E-state index in [1.807, 2.05) is 0 Å². The Kier molecular flexibility index (Phi) is 4.48. The first-order valence-electron chi connectivity index (χ1n) is 4.61. The molecule has 0 fully saturated rings. The molecule has 11 heavy (non-hydrogen) atoms. The van der Waals surface area contributed by atoms with Crippen molar-refractivity contribution in [1.82, 2.24) is 0 Å². The molecule has 0 aliphatic carbocycles. The molecule has 0 aromatic rings. The maximum Gasteiger partial charge on any atom is -0.0260 e. The van der Waals surface area contributed by atoms with E-state index >= 15 is 0 Å². The highest BCUT2D eigenvalue weighted by Crippen LogP contribution is 2.19. The van der Waals surface area contributed by atoms with Crippen LogP contribution in [0.3, 0.4) is 0 Å². The van der Waals surface area contributed by atoms with Crippen molar-refractivity contribution in [3.63, 3.8) is 0 Å². The first-order chi connectivity index (χ1) is 4.95. The molecule has 0 aliphatic rings. The van der Waals surface area contributed by atoms with Gasteiger partial charge in [-0.05, 0) is 32.1 Å². The van der Waals surface area contributed by atoms with Crippen molar-refractivity contribution in [2.24, 2.45) is 11.8 Å². The Morgan fingerprint density at radius 3 is 1.73 bits per heavy atom. The van der Waals surface area contributed by atoms with Crippen molar-refractivity contribution < 1.29 is 0 Å². The van der Waals surface area contributed by atoms with Crippen molar-refractivity contribution in [3.8, 4) is 0 Å². The zero-order valence-electron chi connectivity index (χ0n) is 8.86. The molecule has 0 heterocycles. The zero-order valence-corrected chi connectivity index (χ0v) is 8.86. The van der Waals surface area contributed by atoms with Crippen LogP contribution >= 0.6 is 0 Å². The molecule has 66 valence electrons. The van der Waals surface area contributed by atoms with Crippen molar-refractivity contribution in [2.75, 3.05) is 0 Å². The molecule has 0 amide bonds. The molecule has 0 unspecified atom stereocenters. The molecule has 0 aliphatic heterocycles. The molecule has 0 radical (unpaired) electrons. The van der Waals surface area contributed by atoms with Crippen LogP contribution in [-0.4, -0.2) is 0 Å². The summed E-state index contributed by atoms with van der Waals surface area (Å²) in [5.74, 6) is 1.51. The van der Waals surface area contributed by atoms with Gasteiger partial charge in [0.15, 0.2) is 0 Å². The van der Waals surface area contributed by atoms with Gasteiger partial charge in [0.2, 0.25) is 0 Å². The minimum absolute atomic E-state index is 0.716. The van der Waals surface area contributed by atoms with Crippen LogP contribution in [-0.2, 0) is 0 Å². The van der Waals surface area contributed by atoms with Crippen LogP contribution in [0.15, 0.2) is 11.1 Å². The Balaban J connectivity index is 4.16. The smallest absolute Gasteiger partial charge is 0.0260 e. The maximum atomic E-state index is 2.27. The summed E-state index contributed by atoms with van der Waals surface area (Å²) in [5.41, 5.74) is 3.15. The summed E-state index contributed by atoms with van der Waals surface area (Å²) < 4.78 is 0. The van der Waals surface area contributed by atoms with E-state index in [2.05, 4.69) is 41.5 Å². The van der Waals surface area contributed by atoms with Crippen molar-refractivity contribution in [2.45, 2.75) is 48.0 Å². The summed E-state index contributed by atoms with van der Waals surface area (Å²) in [7, 11) is 0. The Hall–Kier alpha value is -0.260. The zero-order chi connectivity index (χ0) is 9.02. The fraction of sp³-hybridized carbons (Fsp3) is 0.818. The Labute approximate surface area is 71.7 Å². The highest BCUT2D eigenvalue weighted by molar-refractivity contribution is 5.11. The molecule has 0 nitrogen and oxygen atoms in total. The lowest BCUT2D eigenvalue weighted by Gasteiger charge is -2.12. The van der Waals surface area contributed by atoms with Crippen molar-refractivity contribution in [1.29, 1.82) is 0 Å². The van der Waals surface area contributed by atoms with Crippen LogP contribution in [0, 0.1) is 11.8 Å². The number of hydrogen-bond acceptors (Lipinski definition) is 0. The van der Waals surface area contributed by atoms with E-state index in [1.54, 1.807) is 11.1 Å². The molecule has 0 spiro atoms. The lowest BCUT2D eigenvalue weighted by atomic mass is 9.94. The van der Waals surface area contributed by atoms with Crippen LogP contribution in [0.4, 0.5) is 0 Å². The molecule has 0 N–H and O–H groups in total. The van der Waals surface area contributed by atoms with Gasteiger partial charge >= 0.3 is 0 Å². The molecule has 0 rings (SSSR count). The summed E-state index contributed by atoms with van der Waals surface area (Å²) in [6.45, 7) is 13.6. The van der Waals surface area contributed by atoms with Crippen LogP contribution in [0.2, 0.25) is 0 Å². The van der Waals surface area contributed by atoms with Gasteiger partial charge in [0.1, 0.15) is 0 Å². The van der Waals surface area contributed by atoms with E-state index in [0.717, 1.165) is 5.92 Å². The van der Waals surface area contributed by atoms with Gasteiger partial charge in [-0.2, -0.15) is 0 Å². The lowest BCUT2D eigenvalue weighted by Crippen LogP contribution is -1.96. The van der Waals surface area contributed by atoms with Crippen molar-refractivity contribution in [3.05, 3.63) is 11.1 Å². The number of rotatable bonds is 3. The molecule has 0 aromatic heterocycles. The predicted molar refractivity (Wildman–Crippen MR) is 52.7 cm³/mol. The van der Waals surface area contributed by atoms with Gasteiger partial charge in [-0.1, -0.05) is 38.8 Å². The average Bonchev–Trinajstić information content (AvgIpc) is 1.84. The van der Waals surface area contributed by atoms with E-state index in [-0.39, 0.29) is 0 Å². The van der Waals surface area contributed by atoms with Crippen LogP contribution in [0.5, 0.6) is 0 Å². The molecular weight excluding hydrogens is 132 g/mol. The van der Waals surface area contributed by atoms with E-state index < -0.39 is 0 Å². The third-order valence-corrected chi connectivity index (χ3v) is 2.25. The summed E-state index contributed by atoms with van der Waals surface area (Å²) in [6.07, 6.45) is 1.25. The fourth-order valence-corrected chi connectivity index (χ4v) is 1.27. The quantitative estimate of drug-likeness (QED) is 0.538. The molecular formula is C11H22. The normalized spacial score (nSPS) is 14.2. The molecule has 0 atom stereocenters. The van der Waals surface area contributed by atoms with Crippen LogP contribution in [0.25, 0.3) is 0 Å². The standard InChI is InChI=1S/C11H22/c1-8(2)7-10(5)11(6)9(3)4/h8-9H,7H2,1-6H3/b11-10-. The SMILES string of the molecule is C/C(CC(C)C)=C(\C)C(C)C. The second kappa shape index (κ2) is 4.58. The third-order valence-electron chi connectivity index (χ3n) is 2.25. The summed E-state index contributed by atoms with van der Waals surface area (Å²) in [5, 5.41) is 0. The van der Waals surface area contributed by atoms with Gasteiger partial charge in [0, 0.05) is 0 Å². The van der Waals surface area contributed by atoms with E-state index in [1.165, 1.54) is 6.42 Å². The Bertz CT molecular complexity index is 138. The first-order valence-corrected chi connectivity index (χ1v) is 4.61. The minimum Gasteiger partial charge on any atom is -0.0739 e. The summed E-state index contributed by atoms with van der Waals surface area (Å²) >= 11 is 0. The second-order valence-corrected chi connectivity index (χ2v) is 4.22. The van der Waals surface area contributed by atoms with Crippen LogP contribution < -0.4 is 0 Å². The average molecular weight is 154 g/mol. The Morgan fingerprint density at radius 1 is 1.00 bits per heavy atom. The molecule has 0 bridgehead atoms. The number of allylic oxidation sites excluding steroid dienone is 2. The molecule has 0 saturated carbocycles. The lowest BCUT2D eigenvalue weighted by molar-refractivity contribution is 0.625. The van der Waals surface area contributed by atoms with E-state index in [0.29, 0.717) is 5.92 Å². The monoisotopic (exact) mass is 154 g/mol. The van der Waals surface area contributed by atoms with Gasteiger partial charge < -0.3 is 0 Å². The van der Waals surface area contributed by atoms with Gasteiger partial charge in [-0.15, -0.1) is 0 Å². The highest BCUT2D eigenvalue weighted by Gasteiger charge is 2.03. The van der Waals surface area contributed by atoms with E-state index in [9.17, 15) is 0 Å². The van der Waals surface area contributed by atoms with Crippen LogP contribution in [0.1, 0.15) is 48.0 Å². The molecule has 0 aromatic carbocycles. The largest absolute Gasteiger partial charge is 0.0739 e. The van der Waals surface area contributed by atoms with E-state index in [4.69, 9.17) is 0 Å². The van der Waals surface area contributed by atoms with Crippen molar-refractivity contribution >= 4 is 0 Å². The predicted octanol–water partition coefficient (Wildman–Crippen LogP) is 4.02. The second-order valence-electron chi connectivity index (χ2n) is 4.22. The summed E-state index contributed by atoms with van der Waals surface area (Å²) in [4.78, 5) is 0. The topological polar surface area (TPSA) is 0 Å². The maximum absolute atomic E-state index is 2.27. The number of hydrogen-bond donors (Lipinski definition) is 0. The van der Waals surface area contributed by atoms with Gasteiger partial charge in [0.25, 0.3) is 0 Å². The molecule has 0 saturated heterocycles. The minimum atomic E-state index is 0.716. The molecule has 0 heteroatoms. The Morgan fingerprint density at radius 2 is 1.45 bits per heavy atom. The van der Waals surface area contributed by atoms with Gasteiger partial charge in [-0.25, -0.2) is 0 Å². The highest BCUT2D eigenvalue weighted by atomic mass is 14.1. The first kappa shape index (κ1) is 10.7. The van der Waals surface area contributed by atoms with Gasteiger partial charge in [-0.3, -0.25) is 0 Å². The fourth-order valence-electron chi connectivity index (χ4n) is 1.27. The summed E-state index contributed by atoms with van der Waals surface area (Å²) in [6, 6.07) is 0. The van der Waals surface area contributed by atoms with Gasteiger partial charge in [0.05, 0.1) is 0 Å².